The Morgan fingerprint density at radius 1 is 1.37 bits per heavy atom. The van der Waals surface area contributed by atoms with Crippen LogP contribution in [-0.4, -0.2) is 38.6 Å². The molecule has 19 heavy (non-hydrogen) atoms. The first-order chi connectivity index (χ1) is 9.08. The number of nitrogens with one attached hydrogen (secondary N) is 2. The van der Waals surface area contributed by atoms with Crippen molar-refractivity contribution in [1.82, 2.24) is 5.32 Å². The van der Waals surface area contributed by atoms with E-state index in [-0.39, 0.29) is 12.5 Å². The van der Waals surface area contributed by atoms with Crippen LogP contribution in [0, 0.1) is 0 Å². The number of ether oxygens (including phenoxy) is 1. The van der Waals surface area contributed by atoms with Gasteiger partial charge in [0.15, 0.2) is 0 Å². The quantitative estimate of drug-likeness (QED) is 0.519. The number of primary amides is 1. The van der Waals surface area contributed by atoms with E-state index < -0.39 is 5.91 Å². The molecule has 0 aromatic heterocycles. The lowest BCUT2D eigenvalue weighted by Gasteiger charge is -2.11. The van der Waals surface area contributed by atoms with Gasteiger partial charge in [-0.1, -0.05) is 0 Å². The topological polar surface area (TPSA) is 119 Å². The number of anilines is 1. The summed E-state index contributed by atoms with van der Waals surface area (Å²) in [6, 6.07) is 4.90. The Morgan fingerprint density at radius 2 is 2.11 bits per heavy atom. The highest BCUT2D eigenvalue weighted by Gasteiger charge is 2.12. The number of carbonyl (C=O) groups is 2. The summed E-state index contributed by atoms with van der Waals surface area (Å²) < 4.78 is 5.15. The van der Waals surface area contributed by atoms with Gasteiger partial charge in [-0.2, -0.15) is 0 Å². The minimum absolute atomic E-state index is 0.0157. The Labute approximate surface area is 111 Å². The Morgan fingerprint density at radius 3 is 2.68 bits per heavy atom. The number of nitrogens with two attached hydrogens (primary N) is 2. The van der Waals surface area contributed by atoms with Crippen molar-refractivity contribution in [3.05, 3.63) is 23.8 Å². The third-order valence-corrected chi connectivity index (χ3v) is 2.34. The molecule has 0 unspecified atom stereocenters. The SMILES string of the molecule is COc1cc(NCC(N)=O)ccc1C(=O)NCCN. The van der Waals surface area contributed by atoms with E-state index in [1.165, 1.54) is 7.11 Å². The zero-order valence-corrected chi connectivity index (χ0v) is 10.7. The van der Waals surface area contributed by atoms with Gasteiger partial charge in [0.2, 0.25) is 5.91 Å². The third kappa shape index (κ3) is 4.47. The number of hydrogen-bond donors (Lipinski definition) is 4. The zero-order chi connectivity index (χ0) is 14.3. The molecule has 0 spiro atoms. The van der Waals surface area contributed by atoms with Crippen molar-refractivity contribution in [1.29, 1.82) is 0 Å². The van der Waals surface area contributed by atoms with Crippen LogP contribution < -0.4 is 26.8 Å². The maximum absolute atomic E-state index is 11.8. The molecule has 0 fully saturated rings. The van der Waals surface area contributed by atoms with Crippen molar-refractivity contribution < 1.29 is 14.3 Å². The van der Waals surface area contributed by atoms with E-state index in [1.54, 1.807) is 18.2 Å². The summed E-state index contributed by atoms with van der Waals surface area (Å²) >= 11 is 0. The molecule has 1 rings (SSSR count). The average molecular weight is 266 g/mol. The van der Waals surface area contributed by atoms with Crippen LogP contribution in [0.3, 0.4) is 0 Å². The van der Waals surface area contributed by atoms with Gasteiger partial charge in [0, 0.05) is 24.8 Å². The number of methoxy groups -OCH3 is 1. The van der Waals surface area contributed by atoms with Crippen molar-refractivity contribution in [2.75, 3.05) is 32.1 Å². The van der Waals surface area contributed by atoms with Crippen LogP contribution in [-0.2, 0) is 4.79 Å². The van der Waals surface area contributed by atoms with E-state index in [4.69, 9.17) is 16.2 Å². The molecule has 7 nitrogen and oxygen atoms in total. The molecule has 6 N–H and O–H groups in total. The van der Waals surface area contributed by atoms with Crippen LogP contribution >= 0.6 is 0 Å². The highest BCUT2D eigenvalue weighted by atomic mass is 16.5. The molecule has 1 aromatic rings. The maximum atomic E-state index is 11.8. The summed E-state index contributed by atoms with van der Waals surface area (Å²) in [6.45, 7) is 0.776. The lowest BCUT2D eigenvalue weighted by atomic mass is 10.1. The molecule has 0 saturated heterocycles. The molecular weight excluding hydrogens is 248 g/mol. The number of rotatable bonds is 7. The first kappa shape index (κ1) is 14.8. The largest absolute Gasteiger partial charge is 0.496 e. The van der Waals surface area contributed by atoms with Gasteiger partial charge in [0.25, 0.3) is 5.91 Å². The normalized spacial score (nSPS) is 9.79. The van der Waals surface area contributed by atoms with Gasteiger partial charge >= 0.3 is 0 Å². The van der Waals surface area contributed by atoms with Crippen molar-refractivity contribution in [2.45, 2.75) is 0 Å². The van der Waals surface area contributed by atoms with Crippen LogP contribution in [0.15, 0.2) is 18.2 Å². The maximum Gasteiger partial charge on any atom is 0.255 e. The van der Waals surface area contributed by atoms with Crippen LogP contribution in [0.2, 0.25) is 0 Å². The highest BCUT2D eigenvalue weighted by Crippen LogP contribution is 2.23. The summed E-state index contributed by atoms with van der Waals surface area (Å²) in [5.74, 6) is -0.323. The first-order valence-electron chi connectivity index (χ1n) is 5.77. The van der Waals surface area contributed by atoms with E-state index in [0.717, 1.165) is 0 Å². The van der Waals surface area contributed by atoms with Gasteiger partial charge in [-0.15, -0.1) is 0 Å². The van der Waals surface area contributed by atoms with Crippen LogP contribution in [0.5, 0.6) is 5.75 Å². The number of benzene rings is 1. The summed E-state index contributed by atoms with van der Waals surface area (Å²) in [6.07, 6.45) is 0. The molecule has 0 bridgehead atoms. The first-order valence-corrected chi connectivity index (χ1v) is 5.77. The minimum Gasteiger partial charge on any atom is -0.496 e. The molecule has 1 aromatic carbocycles. The lowest BCUT2D eigenvalue weighted by molar-refractivity contribution is -0.116. The zero-order valence-electron chi connectivity index (χ0n) is 10.7. The summed E-state index contributed by atoms with van der Waals surface area (Å²) in [5, 5.41) is 5.48. The standard InChI is InChI=1S/C12H18N4O3/c1-19-10-6-8(16-7-11(14)17)2-3-9(10)12(18)15-5-4-13/h2-3,6,16H,4-5,7,13H2,1H3,(H2,14,17)(H,15,18). The average Bonchev–Trinajstić information content (AvgIpc) is 2.42. The Hall–Kier alpha value is -2.28. The van der Waals surface area contributed by atoms with Crippen molar-refractivity contribution >= 4 is 17.5 Å². The summed E-state index contributed by atoms with van der Waals surface area (Å²) in [7, 11) is 1.47. The van der Waals surface area contributed by atoms with Gasteiger partial charge < -0.3 is 26.8 Å². The van der Waals surface area contributed by atoms with Crippen molar-refractivity contribution in [2.24, 2.45) is 11.5 Å². The van der Waals surface area contributed by atoms with Gasteiger partial charge in [0.05, 0.1) is 19.2 Å². The number of amides is 2. The monoisotopic (exact) mass is 266 g/mol. The van der Waals surface area contributed by atoms with E-state index in [0.29, 0.717) is 30.1 Å². The van der Waals surface area contributed by atoms with Crippen molar-refractivity contribution in [3.8, 4) is 5.75 Å². The Balaban J connectivity index is 2.83. The van der Waals surface area contributed by atoms with Gasteiger partial charge in [-0.3, -0.25) is 9.59 Å². The fourth-order valence-electron chi connectivity index (χ4n) is 1.46. The fraction of sp³-hybridized carbons (Fsp3) is 0.333. The predicted molar refractivity (Wildman–Crippen MR) is 72.1 cm³/mol. The Bertz CT molecular complexity index is 462. The molecule has 0 aliphatic heterocycles. The molecule has 0 aliphatic carbocycles. The molecule has 0 saturated carbocycles. The van der Waals surface area contributed by atoms with Gasteiger partial charge in [-0.05, 0) is 12.1 Å². The molecule has 2 amide bonds. The van der Waals surface area contributed by atoms with Gasteiger partial charge in [-0.25, -0.2) is 0 Å². The lowest BCUT2D eigenvalue weighted by Crippen LogP contribution is -2.29. The van der Waals surface area contributed by atoms with E-state index in [9.17, 15) is 9.59 Å². The predicted octanol–water partition coefficient (Wildman–Crippen LogP) is -0.719. The molecule has 0 aliphatic rings. The molecule has 7 heteroatoms. The molecule has 0 radical (unpaired) electrons. The highest BCUT2D eigenvalue weighted by molar-refractivity contribution is 5.97. The second-order valence-corrected chi connectivity index (χ2v) is 3.78. The molecular formula is C12H18N4O3. The molecule has 0 heterocycles. The second kappa shape index (κ2) is 7.22. The summed E-state index contributed by atoms with van der Waals surface area (Å²) in [4.78, 5) is 22.5. The fourth-order valence-corrected chi connectivity index (χ4v) is 1.46. The number of carbonyl (C=O) groups excluding carboxylic acids is 2. The third-order valence-electron chi connectivity index (χ3n) is 2.34. The Kier molecular flexibility index (Phi) is 5.62. The smallest absolute Gasteiger partial charge is 0.255 e. The molecule has 104 valence electrons. The molecule has 0 atom stereocenters. The van der Waals surface area contributed by atoms with Gasteiger partial charge in [0.1, 0.15) is 5.75 Å². The van der Waals surface area contributed by atoms with E-state index >= 15 is 0 Å². The van der Waals surface area contributed by atoms with Crippen LogP contribution in [0.25, 0.3) is 0 Å². The van der Waals surface area contributed by atoms with Crippen LogP contribution in [0.4, 0.5) is 5.69 Å². The summed E-state index contributed by atoms with van der Waals surface area (Å²) in [5.41, 5.74) is 11.4. The minimum atomic E-state index is -0.469. The van der Waals surface area contributed by atoms with Crippen molar-refractivity contribution in [3.63, 3.8) is 0 Å². The van der Waals surface area contributed by atoms with E-state index in [2.05, 4.69) is 10.6 Å². The van der Waals surface area contributed by atoms with E-state index in [1.807, 2.05) is 0 Å². The van der Waals surface area contributed by atoms with Crippen LogP contribution in [0.1, 0.15) is 10.4 Å². The second-order valence-electron chi connectivity index (χ2n) is 3.78. The number of hydrogen-bond acceptors (Lipinski definition) is 5.